The van der Waals surface area contributed by atoms with Gasteiger partial charge in [0.1, 0.15) is 0 Å². The number of aromatic nitrogens is 2. The van der Waals surface area contributed by atoms with Crippen molar-refractivity contribution in [2.45, 2.75) is 35.0 Å². The van der Waals surface area contributed by atoms with Gasteiger partial charge in [-0.25, -0.2) is 8.42 Å². The molecule has 1 saturated heterocycles. The first-order valence-corrected chi connectivity index (χ1v) is 10.7. The van der Waals surface area contributed by atoms with Crippen molar-refractivity contribution >= 4 is 15.7 Å². The third kappa shape index (κ3) is 2.46. The van der Waals surface area contributed by atoms with E-state index in [1.165, 1.54) is 0 Å². The average molecular weight is 387 g/mol. The van der Waals surface area contributed by atoms with Crippen LogP contribution < -0.4 is 0 Å². The summed E-state index contributed by atoms with van der Waals surface area (Å²) in [4.78, 5) is 14.7. The van der Waals surface area contributed by atoms with E-state index in [-0.39, 0.29) is 24.3 Å². The van der Waals surface area contributed by atoms with Crippen LogP contribution in [0.15, 0.2) is 35.5 Å². The van der Waals surface area contributed by atoms with Gasteiger partial charge in [-0.15, -0.1) is 0 Å². The number of carbonyl (C=O) groups is 1. The average Bonchev–Trinajstić information content (AvgIpc) is 3.28. The van der Waals surface area contributed by atoms with Crippen molar-refractivity contribution in [3.63, 3.8) is 0 Å². The summed E-state index contributed by atoms with van der Waals surface area (Å²) in [5.74, 6) is -0.367. The van der Waals surface area contributed by atoms with Crippen LogP contribution >= 0.6 is 0 Å². The first-order valence-electron chi connectivity index (χ1n) is 9.18. The highest BCUT2D eigenvalue weighted by molar-refractivity contribution is 7.92. The van der Waals surface area contributed by atoms with Gasteiger partial charge in [-0.3, -0.25) is 9.48 Å². The fourth-order valence-electron chi connectivity index (χ4n) is 4.62. The summed E-state index contributed by atoms with van der Waals surface area (Å²) >= 11 is 0. The highest BCUT2D eigenvalue weighted by Crippen LogP contribution is 2.46. The van der Waals surface area contributed by atoms with Crippen molar-refractivity contribution in [3.05, 3.63) is 36.2 Å². The number of fused-ring (bicyclic) bond motifs is 3. The van der Waals surface area contributed by atoms with Crippen molar-refractivity contribution in [1.82, 2.24) is 14.7 Å². The fraction of sp³-hybridized carbons (Fsp3) is 0.474. The van der Waals surface area contributed by atoms with E-state index in [1.54, 1.807) is 21.8 Å². The van der Waals surface area contributed by atoms with Gasteiger partial charge in [0.15, 0.2) is 9.84 Å². The molecular weight excluding hydrogens is 366 g/mol. The summed E-state index contributed by atoms with van der Waals surface area (Å²) in [5.41, 5.74) is 2.69. The molecule has 0 bridgehead atoms. The number of rotatable bonds is 2. The SMILES string of the molecule is Cn1cc(-c2ccc3c(c2)[C@@H]2CN(C(=O)C4CC(O)C4)C[C@H]2S3(=O)=O)cn1. The maximum absolute atomic E-state index is 13.0. The quantitative estimate of drug-likeness (QED) is 0.828. The van der Waals surface area contributed by atoms with E-state index in [9.17, 15) is 18.3 Å². The van der Waals surface area contributed by atoms with Crippen LogP contribution in [0.2, 0.25) is 0 Å². The topological polar surface area (TPSA) is 92.5 Å². The first kappa shape index (κ1) is 16.9. The molecule has 7 nitrogen and oxygen atoms in total. The van der Waals surface area contributed by atoms with Gasteiger partial charge in [-0.2, -0.15) is 5.10 Å². The molecule has 1 saturated carbocycles. The Balaban J connectivity index is 1.48. The number of carbonyl (C=O) groups excluding carboxylic acids is 1. The monoisotopic (exact) mass is 387 g/mol. The Bertz CT molecular complexity index is 1040. The lowest BCUT2D eigenvalue weighted by Gasteiger charge is -2.33. The van der Waals surface area contributed by atoms with Crippen molar-refractivity contribution in [2.75, 3.05) is 13.1 Å². The van der Waals surface area contributed by atoms with Crippen LogP contribution in [-0.2, 0) is 21.7 Å². The van der Waals surface area contributed by atoms with Crippen molar-refractivity contribution in [1.29, 1.82) is 0 Å². The molecule has 0 radical (unpaired) electrons. The van der Waals surface area contributed by atoms with Crippen molar-refractivity contribution in [2.24, 2.45) is 13.0 Å². The molecule has 0 unspecified atom stereocenters. The molecule has 3 aliphatic rings. The summed E-state index contributed by atoms with van der Waals surface area (Å²) in [7, 11) is -1.59. The lowest BCUT2D eigenvalue weighted by molar-refractivity contribution is -0.141. The van der Waals surface area contributed by atoms with Crippen LogP contribution in [0.3, 0.4) is 0 Å². The zero-order valence-corrected chi connectivity index (χ0v) is 15.8. The Morgan fingerprint density at radius 1 is 1.22 bits per heavy atom. The summed E-state index contributed by atoms with van der Waals surface area (Å²) < 4.78 is 27.7. The summed E-state index contributed by atoms with van der Waals surface area (Å²) in [6, 6.07) is 5.46. The van der Waals surface area contributed by atoms with Crippen molar-refractivity contribution in [3.8, 4) is 11.1 Å². The molecule has 2 atom stereocenters. The Labute approximate surface area is 157 Å². The standard InChI is InChI=1S/C19H21N3O4S/c1-21-8-13(7-20-21)11-2-3-17-15(6-11)16-9-22(10-18(16)27(17,25)26)19(24)12-4-14(23)5-12/h2-3,6-8,12,14,16,18,23H,4-5,9-10H2,1H3/t12?,14?,16-,18+/m0/s1. The number of aliphatic hydroxyl groups is 1. The molecule has 1 N–H and O–H groups in total. The molecular formula is C19H21N3O4S. The molecule has 8 heteroatoms. The number of nitrogens with zero attached hydrogens (tertiary/aromatic N) is 3. The number of benzene rings is 1. The Kier molecular flexibility index (Phi) is 3.55. The molecule has 3 heterocycles. The predicted molar refractivity (Wildman–Crippen MR) is 97.7 cm³/mol. The van der Waals surface area contributed by atoms with E-state index < -0.39 is 21.2 Å². The molecule has 1 amide bonds. The number of amides is 1. The lowest BCUT2D eigenvalue weighted by Crippen LogP contribution is -2.43. The molecule has 142 valence electrons. The second kappa shape index (κ2) is 5.65. The van der Waals surface area contributed by atoms with Crippen LogP contribution in [0, 0.1) is 5.92 Å². The van der Waals surface area contributed by atoms with Crippen molar-refractivity contribution < 1.29 is 18.3 Å². The fourth-order valence-corrected chi connectivity index (χ4v) is 6.79. The number of likely N-dealkylation sites (tertiary alicyclic amines) is 1. The smallest absolute Gasteiger partial charge is 0.225 e. The molecule has 2 aliphatic heterocycles. The van der Waals surface area contributed by atoms with Crippen LogP contribution in [0.4, 0.5) is 0 Å². The Morgan fingerprint density at radius 2 is 2.00 bits per heavy atom. The van der Waals surface area contributed by atoms with Gasteiger partial charge in [0.25, 0.3) is 0 Å². The summed E-state index contributed by atoms with van der Waals surface area (Å²) in [6.07, 6.45) is 4.23. The minimum atomic E-state index is -3.43. The highest BCUT2D eigenvalue weighted by atomic mass is 32.2. The van der Waals surface area contributed by atoms with Crippen LogP contribution in [0.1, 0.15) is 24.3 Å². The van der Waals surface area contributed by atoms with E-state index in [0.717, 1.165) is 16.7 Å². The molecule has 5 rings (SSSR count). The summed E-state index contributed by atoms with van der Waals surface area (Å²) in [5, 5.41) is 13.1. The molecule has 2 aromatic rings. The number of aryl methyl sites for hydroxylation is 1. The zero-order chi connectivity index (χ0) is 18.9. The Morgan fingerprint density at radius 3 is 2.67 bits per heavy atom. The van der Waals surface area contributed by atoms with Crippen LogP contribution in [0.5, 0.6) is 0 Å². The second-order valence-corrected chi connectivity index (χ2v) is 10.0. The van der Waals surface area contributed by atoms with E-state index in [0.29, 0.717) is 24.3 Å². The lowest BCUT2D eigenvalue weighted by atomic mass is 9.81. The number of aliphatic hydroxyl groups excluding tert-OH is 1. The normalized spacial score (nSPS) is 30.7. The van der Waals surface area contributed by atoms with Crippen LogP contribution in [0.25, 0.3) is 11.1 Å². The molecule has 1 aromatic carbocycles. The van der Waals surface area contributed by atoms with E-state index in [4.69, 9.17) is 0 Å². The van der Waals surface area contributed by atoms with Gasteiger partial charge >= 0.3 is 0 Å². The third-order valence-electron chi connectivity index (χ3n) is 6.19. The van der Waals surface area contributed by atoms with Gasteiger partial charge in [-0.1, -0.05) is 6.07 Å². The summed E-state index contributed by atoms with van der Waals surface area (Å²) in [6.45, 7) is 0.675. The number of hydrogen-bond donors (Lipinski definition) is 1. The number of sulfone groups is 1. The molecule has 1 aliphatic carbocycles. The second-order valence-electron chi connectivity index (χ2n) is 7.91. The van der Waals surface area contributed by atoms with Gasteiger partial charge in [0.05, 0.1) is 22.4 Å². The third-order valence-corrected chi connectivity index (χ3v) is 8.45. The minimum absolute atomic E-state index is 0.0186. The Hall–Kier alpha value is -2.19. The minimum Gasteiger partial charge on any atom is -0.393 e. The molecule has 2 fully saturated rings. The van der Waals surface area contributed by atoms with Gasteiger partial charge in [0, 0.05) is 43.7 Å². The molecule has 27 heavy (non-hydrogen) atoms. The van der Waals surface area contributed by atoms with E-state index >= 15 is 0 Å². The van der Waals surface area contributed by atoms with E-state index in [2.05, 4.69) is 5.10 Å². The maximum atomic E-state index is 13.0. The van der Waals surface area contributed by atoms with Gasteiger partial charge < -0.3 is 10.0 Å². The molecule has 0 spiro atoms. The van der Waals surface area contributed by atoms with E-state index in [1.807, 2.05) is 25.4 Å². The first-order chi connectivity index (χ1) is 12.8. The number of hydrogen-bond acceptors (Lipinski definition) is 5. The van der Waals surface area contributed by atoms with Crippen LogP contribution in [-0.4, -0.2) is 58.6 Å². The zero-order valence-electron chi connectivity index (χ0n) is 14.9. The van der Waals surface area contributed by atoms with Gasteiger partial charge in [0.2, 0.25) is 5.91 Å². The molecule has 1 aromatic heterocycles. The maximum Gasteiger partial charge on any atom is 0.225 e. The highest BCUT2D eigenvalue weighted by Gasteiger charge is 2.52. The predicted octanol–water partition coefficient (Wildman–Crippen LogP) is 0.940. The largest absolute Gasteiger partial charge is 0.393 e. The van der Waals surface area contributed by atoms with Gasteiger partial charge in [-0.05, 0) is 36.1 Å².